The molecular weight excluding hydrogens is 230 g/mol. The van der Waals surface area contributed by atoms with Gasteiger partial charge in [-0.2, -0.15) is 0 Å². The maximum Gasteiger partial charge on any atom is 0.317 e. The molecule has 18 heavy (non-hydrogen) atoms. The molecule has 0 aliphatic heterocycles. The van der Waals surface area contributed by atoms with E-state index in [0.29, 0.717) is 11.9 Å². The quantitative estimate of drug-likeness (QED) is 0.825. The standard InChI is InChI=1S/C12H19N5O/c1-12(2,3)10-14-15-11(18-10)16(4)7-8-17-6-5-13-9-17/h5-6,9H,7-8H2,1-4H3. The SMILES string of the molecule is CN(CCn1ccnc1)c1nnc(C(C)(C)C)o1. The van der Waals surface area contributed by atoms with Gasteiger partial charge in [0.15, 0.2) is 0 Å². The van der Waals surface area contributed by atoms with E-state index in [1.165, 1.54) is 0 Å². The smallest absolute Gasteiger partial charge is 0.317 e. The highest BCUT2D eigenvalue weighted by molar-refractivity contribution is 5.22. The van der Waals surface area contributed by atoms with Crippen LogP contribution in [-0.4, -0.2) is 33.3 Å². The van der Waals surface area contributed by atoms with E-state index in [9.17, 15) is 0 Å². The van der Waals surface area contributed by atoms with Gasteiger partial charge < -0.3 is 13.9 Å². The fourth-order valence-corrected chi connectivity index (χ4v) is 1.45. The van der Waals surface area contributed by atoms with Gasteiger partial charge in [0.25, 0.3) is 0 Å². The number of imidazole rings is 1. The molecule has 0 saturated heterocycles. The van der Waals surface area contributed by atoms with Crippen molar-refractivity contribution < 1.29 is 4.42 Å². The monoisotopic (exact) mass is 249 g/mol. The van der Waals surface area contributed by atoms with Crippen LogP contribution in [-0.2, 0) is 12.0 Å². The topological polar surface area (TPSA) is 60.0 Å². The molecular formula is C12H19N5O. The van der Waals surface area contributed by atoms with E-state index in [4.69, 9.17) is 4.42 Å². The van der Waals surface area contributed by atoms with Crippen LogP contribution in [0.1, 0.15) is 26.7 Å². The molecule has 2 heterocycles. The van der Waals surface area contributed by atoms with Gasteiger partial charge in [-0.25, -0.2) is 4.98 Å². The lowest BCUT2D eigenvalue weighted by molar-refractivity contribution is 0.392. The van der Waals surface area contributed by atoms with Gasteiger partial charge in [0.2, 0.25) is 5.89 Å². The van der Waals surface area contributed by atoms with Crippen molar-refractivity contribution in [3.05, 3.63) is 24.6 Å². The van der Waals surface area contributed by atoms with E-state index in [1.54, 1.807) is 12.5 Å². The van der Waals surface area contributed by atoms with E-state index in [-0.39, 0.29) is 5.41 Å². The second kappa shape index (κ2) is 4.80. The zero-order valence-corrected chi connectivity index (χ0v) is 11.3. The lowest BCUT2D eigenvalue weighted by Crippen LogP contribution is -2.22. The average Bonchev–Trinajstić information content (AvgIpc) is 2.96. The first-order valence-electron chi connectivity index (χ1n) is 5.97. The Kier molecular flexibility index (Phi) is 3.36. The fourth-order valence-electron chi connectivity index (χ4n) is 1.45. The fraction of sp³-hybridized carbons (Fsp3) is 0.583. The summed E-state index contributed by atoms with van der Waals surface area (Å²) in [7, 11) is 1.94. The van der Waals surface area contributed by atoms with Crippen molar-refractivity contribution in [3.8, 4) is 0 Å². The number of hydrogen-bond donors (Lipinski definition) is 0. The summed E-state index contributed by atoms with van der Waals surface area (Å²) in [4.78, 5) is 5.95. The molecule has 0 amide bonds. The van der Waals surface area contributed by atoms with E-state index < -0.39 is 0 Å². The molecule has 2 rings (SSSR count). The molecule has 2 aromatic rings. The maximum absolute atomic E-state index is 5.66. The van der Waals surface area contributed by atoms with Crippen molar-refractivity contribution in [1.29, 1.82) is 0 Å². The molecule has 0 fully saturated rings. The van der Waals surface area contributed by atoms with Gasteiger partial charge in [0, 0.05) is 37.9 Å². The molecule has 0 unspecified atom stereocenters. The third kappa shape index (κ3) is 2.88. The summed E-state index contributed by atoms with van der Waals surface area (Å²) in [6, 6.07) is 0.556. The zero-order valence-electron chi connectivity index (χ0n) is 11.3. The molecule has 0 bridgehead atoms. The number of aromatic nitrogens is 4. The Morgan fingerprint density at radius 1 is 1.33 bits per heavy atom. The Labute approximate surface area is 107 Å². The summed E-state index contributed by atoms with van der Waals surface area (Å²) >= 11 is 0. The molecule has 98 valence electrons. The molecule has 0 saturated carbocycles. The highest BCUT2D eigenvalue weighted by Crippen LogP contribution is 2.23. The molecule has 0 radical (unpaired) electrons. The normalized spacial score (nSPS) is 11.8. The molecule has 0 aliphatic rings. The minimum Gasteiger partial charge on any atom is -0.407 e. The molecule has 0 aliphatic carbocycles. The zero-order chi connectivity index (χ0) is 13.2. The van der Waals surface area contributed by atoms with Gasteiger partial charge in [0.1, 0.15) is 0 Å². The third-order valence-electron chi connectivity index (χ3n) is 2.64. The van der Waals surface area contributed by atoms with E-state index >= 15 is 0 Å². The summed E-state index contributed by atoms with van der Waals surface area (Å²) in [5, 5.41) is 8.14. The summed E-state index contributed by atoms with van der Waals surface area (Å²) in [6.07, 6.45) is 5.49. The lowest BCUT2D eigenvalue weighted by atomic mass is 9.97. The minimum absolute atomic E-state index is 0.115. The van der Waals surface area contributed by atoms with Crippen LogP contribution in [0.5, 0.6) is 0 Å². The van der Waals surface area contributed by atoms with Crippen LogP contribution in [0.2, 0.25) is 0 Å². The Balaban J connectivity index is 1.96. The van der Waals surface area contributed by atoms with Crippen LogP contribution in [0, 0.1) is 0 Å². The first-order chi connectivity index (χ1) is 8.47. The number of anilines is 1. The second-order valence-electron chi connectivity index (χ2n) is 5.36. The number of nitrogens with zero attached hydrogens (tertiary/aromatic N) is 5. The molecule has 6 nitrogen and oxygen atoms in total. The van der Waals surface area contributed by atoms with Gasteiger partial charge in [-0.15, -0.1) is 5.10 Å². The van der Waals surface area contributed by atoms with Crippen LogP contribution in [0.25, 0.3) is 0 Å². The van der Waals surface area contributed by atoms with Crippen molar-refractivity contribution >= 4 is 6.01 Å². The van der Waals surface area contributed by atoms with Crippen LogP contribution in [0.4, 0.5) is 6.01 Å². The average molecular weight is 249 g/mol. The summed E-state index contributed by atoms with van der Waals surface area (Å²) in [5.74, 6) is 0.659. The molecule has 0 aromatic carbocycles. The summed E-state index contributed by atoms with van der Waals surface area (Å²) < 4.78 is 7.67. The van der Waals surface area contributed by atoms with E-state index in [2.05, 4.69) is 36.0 Å². The van der Waals surface area contributed by atoms with Crippen LogP contribution in [0.3, 0.4) is 0 Å². The van der Waals surface area contributed by atoms with Crippen molar-refractivity contribution in [2.45, 2.75) is 32.7 Å². The van der Waals surface area contributed by atoms with Crippen LogP contribution < -0.4 is 4.90 Å². The van der Waals surface area contributed by atoms with Gasteiger partial charge >= 0.3 is 6.01 Å². The highest BCUT2D eigenvalue weighted by atomic mass is 16.4. The van der Waals surface area contributed by atoms with Crippen molar-refractivity contribution in [2.75, 3.05) is 18.5 Å². The van der Waals surface area contributed by atoms with Crippen LogP contribution >= 0.6 is 0 Å². The second-order valence-corrected chi connectivity index (χ2v) is 5.36. The Morgan fingerprint density at radius 2 is 2.11 bits per heavy atom. The first-order valence-corrected chi connectivity index (χ1v) is 5.97. The van der Waals surface area contributed by atoms with Gasteiger partial charge in [-0.05, 0) is 0 Å². The van der Waals surface area contributed by atoms with Crippen molar-refractivity contribution in [2.24, 2.45) is 0 Å². The first kappa shape index (κ1) is 12.6. The maximum atomic E-state index is 5.66. The van der Waals surface area contributed by atoms with Crippen LogP contribution in [0.15, 0.2) is 23.1 Å². The van der Waals surface area contributed by atoms with Gasteiger partial charge in [0.05, 0.1) is 6.33 Å². The van der Waals surface area contributed by atoms with Crippen molar-refractivity contribution in [3.63, 3.8) is 0 Å². The Bertz CT molecular complexity index is 483. The van der Waals surface area contributed by atoms with Gasteiger partial charge in [-0.3, -0.25) is 0 Å². The molecule has 0 atom stereocenters. The highest BCUT2D eigenvalue weighted by Gasteiger charge is 2.22. The third-order valence-corrected chi connectivity index (χ3v) is 2.64. The van der Waals surface area contributed by atoms with Gasteiger partial charge in [-0.1, -0.05) is 25.9 Å². The number of hydrogen-bond acceptors (Lipinski definition) is 5. The Morgan fingerprint density at radius 3 is 2.67 bits per heavy atom. The largest absolute Gasteiger partial charge is 0.407 e. The number of likely N-dealkylation sites (N-methyl/N-ethyl adjacent to an activating group) is 1. The lowest BCUT2D eigenvalue weighted by Gasteiger charge is -2.15. The minimum atomic E-state index is -0.115. The van der Waals surface area contributed by atoms with Crippen molar-refractivity contribution in [1.82, 2.24) is 19.7 Å². The predicted molar refractivity (Wildman–Crippen MR) is 68.5 cm³/mol. The van der Waals surface area contributed by atoms with E-state index in [1.807, 2.05) is 22.7 Å². The Hall–Kier alpha value is -1.85. The molecule has 0 N–H and O–H groups in total. The number of rotatable bonds is 4. The summed E-state index contributed by atoms with van der Waals surface area (Å²) in [5.41, 5.74) is -0.115. The molecule has 2 aromatic heterocycles. The summed E-state index contributed by atoms with van der Waals surface area (Å²) in [6.45, 7) is 7.78. The molecule has 6 heteroatoms. The predicted octanol–water partition coefficient (Wildman–Crippen LogP) is 1.70. The van der Waals surface area contributed by atoms with E-state index in [0.717, 1.165) is 13.1 Å². The molecule has 0 spiro atoms.